The number of benzene rings is 2. The SMILES string of the molecule is O=C1NC(=S)SC1=Cc1cc([N+](=O)[O-])ccc1OCCOc1ccc(Br)cc1. The summed E-state index contributed by atoms with van der Waals surface area (Å²) < 4.78 is 12.6. The Labute approximate surface area is 178 Å². The molecule has 1 aliphatic heterocycles. The smallest absolute Gasteiger partial charge is 0.270 e. The molecule has 0 aliphatic carbocycles. The third-order valence-electron chi connectivity index (χ3n) is 3.56. The lowest BCUT2D eigenvalue weighted by atomic mass is 10.1. The zero-order chi connectivity index (χ0) is 20.1. The zero-order valence-corrected chi connectivity index (χ0v) is 17.4. The van der Waals surface area contributed by atoms with Crippen molar-refractivity contribution in [2.45, 2.75) is 0 Å². The molecule has 0 bridgehead atoms. The molecule has 3 rings (SSSR count). The number of nitrogens with zero attached hydrogens (tertiary/aromatic N) is 1. The van der Waals surface area contributed by atoms with E-state index in [1.807, 2.05) is 24.3 Å². The molecule has 1 saturated heterocycles. The number of thioether (sulfide) groups is 1. The summed E-state index contributed by atoms with van der Waals surface area (Å²) in [6, 6.07) is 11.6. The van der Waals surface area contributed by atoms with E-state index in [2.05, 4.69) is 21.2 Å². The number of hydrogen-bond acceptors (Lipinski definition) is 7. The lowest BCUT2D eigenvalue weighted by Gasteiger charge is -2.11. The number of nitrogens with one attached hydrogen (secondary N) is 1. The summed E-state index contributed by atoms with van der Waals surface area (Å²) >= 11 is 9.41. The summed E-state index contributed by atoms with van der Waals surface area (Å²) in [5.41, 5.74) is 0.316. The summed E-state index contributed by atoms with van der Waals surface area (Å²) in [4.78, 5) is 22.8. The zero-order valence-electron chi connectivity index (χ0n) is 14.2. The summed E-state index contributed by atoms with van der Waals surface area (Å²) in [7, 11) is 0. The van der Waals surface area contributed by atoms with Crippen LogP contribution < -0.4 is 14.8 Å². The maximum Gasteiger partial charge on any atom is 0.270 e. The second-order valence-electron chi connectivity index (χ2n) is 5.48. The van der Waals surface area contributed by atoms with Gasteiger partial charge in [0.15, 0.2) is 0 Å². The Morgan fingerprint density at radius 2 is 1.89 bits per heavy atom. The molecule has 1 amide bonds. The molecule has 0 radical (unpaired) electrons. The number of halogens is 1. The molecule has 1 N–H and O–H groups in total. The van der Waals surface area contributed by atoms with Gasteiger partial charge < -0.3 is 14.8 Å². The van der Waals surface area contributed by atoms with E-state index in [9.17, 15) is 14.9 Å². The highest BCUT2D eigenvalue weighted by molar-refractivity contribution is 9.10. The Bertz CT molecular complexity index is 963. The van der Waals surface area contributed by atoms with Crippen molar-refractivity contribution in [3.63, 3.8) is 0 Å². The topological polar surface area (TPSA) is 90.7 Å². The number of carbonyl (C=O) groups is 1. The van der Waals surface area contributed by atoms with Crippen LogP contribution in [0.1, 0.15) is 5.56 Å². The lowest BCUT2D eigenvalue weighted by Crippen LogP contribution is -2.17. The van der Waals surface area contributed by atoms with Gasteiger partial charge in [-0.3, -0.25) is 14.9 Å². The Hall–Kier alpha value is -2.43. The van der Waals surface area contributed by atoms with Crippen LogP contribution in [0.25, 0.3) is 6.08 Å². The van der Waals surface area contributed by atoms with Gasteiger partial charge in [0.25, 0.3) is 11.6 Å². The van der Waals surface area contributed by atoms with Crippen LogP contribution >= 0.6 is 39.9 Å². The van der Waals surface area contributed by atoms with Crippen molar-refractivity contribution in [1.82, 2.24) is 5.32 Å². The van der Waals surface area contributed by atoms with Gasteiger partial charge in [0, 0.05) is 22.2 Å². The number of carbonyl (C=O) groups excluding carboxylic acids is 1. The van der Waals surface area contributed by atoms with E-state index in [4.69, 9.17) is 21.7 Å². The van der Waals surface area contributed by atoms with E-state index in [0.29, 0.717) is 26.3 Å². The molecule has 0 unspecified atom stereocenters. The molecule has 1 heterocycles. The summed E-state index contributed by atoms with van der Waals surface area (Å²) in [5, 5.41) is 13.6. The fourth-order valence-corrected chi connectivity index (χ4v) is 3.60. The fraction of sp³-hybridized carbons (Fsp3) is 0.111. The van der Waals surface area contributed by atoms with Crippen molar-refractivity contribution in [2.24, 2.45) is 0 Å². The minimum absolute atomic E-state index is 0.101. The van der Waals surface area contributed by atoms with E-state index in [1.54, 1.807) is 0 Å². The molecule has 2 aromatic rings. The first-order valence-electron chi connectivity index (χ1n) is 7.97. The highest BCUT2D eigenvalue weighted by Gasteiger charge is 2.23. The summed E-state index contributed by atoms with van der Waals surface area (Å²) in [6.07, 6.45) is 1.53. The Morgan fingerprint density at radius 3 is 2.54 bits per heavy atom. The minimum Gasteiger partial charge on any atom is -0.490 e. The highest BCUT2D eigenvalue weighted by atomic mass is 79.9. The van der Waals surface area contributed by atoms with Gasteiger partial charge in [0.2, 0.25) is 0 Å². The summed E-state index contributed by atoms with van der Waals surface area (Å²) in [5.74, 6) is 0.764. The number of nitro groups is 1. The van der Waals surface area contributed by atoms with Crippen LogP contribution in [0, 0.1) is 10.1 Å². The molecule has 10 heteroatoms. The van der Waals surface area contributed by atoms with Gasteiger partial charge in [-0.2, -0.15) is 0 Å². The monoisotopic (exact) mass is 480 g/mol. The maximum atomic E-state index is 11.9. The Balaban J connectivity index is 1.71. The fourth-order valence-electron chi connectivity index (χ4n) is 2.30. The van der Waals surface area contributed by atoms with Gasteiger partial charge in [0.05, 0.1) is 9.83 Å². The number of thiocarbonyl (C=S) groups is 1. The molecule has 0 aromatic heterocycles. The predicted octanol–water partition coefficient (Wildman–Crippen LogP) is 4.30. The van der Waals surface area contributed by atoms with E-state index in [0.717, 1.165) is 16.2 Å². The molecule has 2 aromatic carbocycles. The summed E-state index contributed by atoms with van der Waals surface area (Å²) in [6.45, 7) is 0.510. The number of rotatable bonds is 7. The Kier molecular flexibility index (Phi) is 6.65. The van der Waals surface area contributed by atoms with Crippen molar-refractivity contribution in [2.75, 3.05) is 13.2 Å². The lowest BCUT2D eigenvalue weighted by molar-refractivity contribution is -0.384. The van der Waals surface area contributed by atoms with Crippen LogP contribution in [0.5, 0.6) is 11.5 Å². The first-order chi connectivity index (χ1) is 13.4. The van der Waals surface area contributed by atoms with Gasteiger partial charge in [-0.15, -0.1) is 0 Å². The normalized spacial score (nSPS) is 14.8. The van der Waals surface area contributed by atoms with Crippen LogP contribution in [0.3, 0.4) is 0 Å². The van der Waals surface area contributed by atoms with Gasteiger partial charge in [-0.05, 0) is 36.4 Å². The second kappa shape index (κ2) is 9.18. The number of nitro benzene ring substituents is 1. The second-order valence-corrected chi connectivity index (χ2v) is 8.12. The molecule has 144 valence electrons. The largest absolute Gasteiger partial charge is 0.490 e. The van der Waals surface area contributed by atoms with Crippen LogP contribution in [0.4, 0.5) is 5.69 Å². The average Bonchev–Trinajstić information content (AvgIpc) is 2.98. The number of hydrogen-bond donors (Lipinski definition) is 1. The van der Waals surface area contributed by atoms with Crippen molar-refractivity contribution < 1.29 is 19.2 Å². The quantitative estimate of drug-likeness (QED) is 0.207. The minimum atomic E-state index is -0.505. The molecular weight excluding hydrogens is 468 g/mol. The first kappa shape index (κ1) is 20.3. The van der Waals surface area contributed by atoms with Crippen molar-refractivity contribution in [3.05, 3.63) is 67.5 Å². The highest BCUT2D eigenvalue weighted by Crippen LogP contribution is 2.31. The van der Waals surface area contributed by atoms with Gasteiger partial charge >= 0.3 is 0 Å². The molecule has 1 fully saturated rings. The third-order valence-corrected chi connectivity index (χ3v) is 5.25. The standard InChI is InChI=1S/C18H13BrN2O5S2/c19-12-1-4-14(5-2-12)25-7-8-26-15-6-3-13(21(23)24)9-11(15)10-16-17(22)20-18(27)28-16/h1-6,9-10H,7-8H2,(H,20,22,27). The van der Waals surface area contributed by atoms with Crippen molar-refractivity contribution in [3.8, 4) is 11.5 Å². The van der Waals surface area contributed by atoms with E-state index in [1.165, 1.54) is 24.3 Å². The predicted molar refractivity (Wildman–Crippen MR) is 115 cm³/mol. The van der Waals surface area contributed by atoms with Gasteiger partial charge in [-0.1, -0.05) is 39.9 Å². The number of ether oxygens (including phenoxy) is 2. The van der Waals surface area contributed by atoms with Crippen LogP contribution in [-0.2, 0) is 4.79 Å². The molecular formula is C18H13BrN2O5S2. The molecule has 7 nitrogen and oxygen atoms in total. The van der Waals surface area contributed by atoms with E-state index in [-0.39, 0.29) is 24.8 Å². The Morgan fingerprint density at radius 1 is 1.18 bits per heavy atom. The average molecular weight is 481 g/mol. The number of non-ortho nitro benzene ring substituents is 1. The molecule has 1 aliphatic rings. The van der Waals surface area contributed by atoms with Crippen LogP contribution in [-0.4, -0.2) is 28.4 Å². The van der Waals surface area contributed by atoms with Crippen LogP contribution in [0.2, 0.25) is 0 Å². The molecule has 28 heavy (non-hydrogen) atoms. The number of amides is 1. The van der Waals surface area contributed by atoms with E-state index >= 15 is 0 Å². The van der Waals surface area contributed by atoms with Crippen molar-refractivity contribution in [1.29, 1.82) is 0 Å². The molecule has 0 atom stereocenters. The molecule has 0 spiro atoms. The maximum absolute atomic E-state index is 11.9. The molecule has 0 saturated carbocycles. The van der Waals surface area contributed by atoms with Gasteiger partial charge in [0.1, 0.15) is 29.0 Å². The van der Waals surface area contributed by atoms with Gasteiger partial charge in [-0.25, -0.2) is 0 Å². The van der Waals surface area contributed by atoms with E-state index < -0.39 is 4.92 Å². The first-order valence-corrected chi connectivity index (χ1v) is 9.98. The third kappa shape index (κ3) is 5.31. The van der Waals surface area contributed by atoms with Crippen molar-refractivity contribution >= 4 is 61.9 Å². The van der Waals surface area contributed by atoms with Crippen LogP contribution in [0.15, 0.2) is 51.8 Å².